The van der Waals surface area contributed by atoms with E-state index in [9.17, 15) is 0 Å². The summed E-state index contributed by atoms with van der Waals surface area (Å²) in [6.45, 7) is 2.22. The zero-order valence-electron chi connectivity index (χ0n) is 10.7. The van der Waals surface area contributed by atoms with Crippen LogP contribution in [0.1, 0.15) is 48.8 Å². The maximum atomic E-state index is 5.75. The van der Waals surface area contributed by atoms with E-state index >= 15 is 0 Å². The van der Waals surface area contributed by atoms with Crippen LogP contribution < -0.4 is 11.3 Å². The molecule has 0 bridgehead atoms. The van der Waals surface area contributed by atoms with E-state index in [4.69, 9.17) is 5.84 Å². The first-order chi connectivity index (χ1) is 8.33. The second kappa shape index (κ2) is 6.53. The number of thiophene rings is 1. The SMILES string of the molecule is CCc1ccc(CC(NN)C2CCCCC2)s1. The molecule has 1 heterocycles. The average molecular weight is 252 g/mol. The standard InChI is InChI=1S/C14H24N2S/c1-2-12-8-9-13(17-12)10-14(16-15)11-6-4-3-5-7-11/h8-9,11,14,16H,2-7,10,15H2,1H3. The van der Waals surface area contributed by atoms with Crippen molar-refractivity contribution in [2.24, 2.45) is 11.8 Å². The van der Waals surface area contributed by atoms with Crippen LogP contribution >= 0.6 is 11.3 Å². The summed E-state index contributed by atoms with van der Waals surface area (Å²) in [5.41, 5.74) is 3.05. The number of hydrogen-bond donors (Lipinski definition) is 2. The van der Waals surface area contributed by atoms with Gasteiger partial charge in [-0.2, -0.15) is 0 Å². The van der Waals surface area contributed by atoms with Crippen molar-refractivity contribution in [1.29, 1.82) is 0 Å². The fraction of sp³-hybridized carbons (Fsp3) is 0.714. The number of rotatable bonds is 5. The van der Waals surface area contributed by atoms with Crippen LogP contribution in [0.2, 0.25) is 0 Å². The number of aryl methyl sites for hydroxylation is 1. The molecular formula is C14H24N2S. The van der Waals surface area contributed by atoms with Crippen LogP contribution in [0.15, 0.2) is 12.1 Å². The first-order valence-electron chi connectivity index (χ1n) is 6.87. The Morgan fingerprint density at radius 3 is 2.59 bits per heavy atom. The Morgan fingerprint density at radius 2 is 2.00 bits per heavy atom. The van der Waals surface area contributed by atoms with Gasteiger partial charge in [-0.25, -0.2) is 0 Å². The van der Waals surface area contributed by atoms with Gasteiger partial charge in [0.1, 0.15) is 0 Å². The van der Waals surface area contributed by atoms with E-state index in [-0.39, 0.29) is 0 Å². The Bertz CT molecular complexity index is 329. The van der Waals surface area contributed by atoms with Crippen molar-refractivity contribution in [3.05, 3.63) is 21.9 Å². The molecule has 2 rings (SSSR count). The third kappa shape index (κ3) is 3.54. The molecule has 0 spiro atoms. The summed E-state index contributed by atoms with van der Waals surface area (Å²) in [5, 5.41) is 0. The van der Waals surface area contributed by atoms with Crippen molar-refractivity contribution >= 4 is 11.3 Å². The normalized spacial score (nSPS) is 19.4. The quantitative estimate of drug-likeness (QED) is 0.623. The summed E-state index contributed by atoms with van der Waals surface area (Å²) in [6.07, 6.45) is 9.12. The van der Waals surface area contributed by atoms with Gasteiger partial charge >= 0.3 is 0 Å². The van der Waals surface area contributed by atoms with Crippen molar-refractivity contribution in [2.45, 2.75) is 57.9 Å². The fourth-order valence-electron chi connectivity index (χ4n) is 2.84. The van der Waals surface area contributed by atoms with Crippen LogP contribution in [0.25, 0.3) is 0 Å². The summed E-state index contributed by atoms with van der Waals surface area (Å²) in [7, 11) is 0. The van der Waals surface area contributed by atoms with Crippen LogP contribution in [0, 0.1) is 5.92 Å². The molecule has 1 fully saturated rings. The molecule has 3 heteroatoms. The van der Waals surface area contributed by atoms with Gasteiger partial charge in [-0.3, -0.25) is 11.3 Å². The number of hydrazine groups is 1. The monoisotopic (exact) mass is 252 g/mol. The van der Waals surface area contributed by atoms with E-state index < -0.39 is 0 Å². The second-order valence-electron chi connectivity index (χ2n) is 5.10. The summed E-state index contributed by atoms with van der Waals surface area (Å²) in [6, 6.07) is 5.00. The molecule has 1 aromatic rings. The van der Waals surface area contributed by atoms with Gasteiger partial charge in [0.2, 0.25) is 0 Å². The van der Waals surface area contributed by atoms with Crippen LogP contribution in [0.5, 0.6) is 0 Å². The molecule has 3 N–H and O–H groups in total. The number of nitrogens with one attached hydrogen (secondary N) is 1. The van der Waals surface area contributed by atoms with Crippen LogP contribution in [0.3, 0.4) is 0 Å². The predicted octanol–water partition coefficient (Wildman–Crippen LogP) is 3.27. The fourth-order valence-corrected chi connectivity index (χ4v) is 3.85. The molecule has 2 nitrogen and oxygen atoms in total. The van der Waals surface area contributed by atoms with Gasteiger partial charge in [-0.1, -0.05) is 26.2 Å². The molecule has 96 valence electrons. The van der Waals surface area contributed by atoms with E-state index in [2.05, 4.69) is 24.5 Å². The van der Waals surface area contributed by atoms with E-state index in [1.54, 1.807) is 0 Å². The lowest BCUT2D eigenvalue weighted by atomic mass is 9.83. The number of nitrogens with two attached hydrogens (primary N) is 1. The molecule has 0 aromatic carbocycles. The van der Waals surface area contributed by atoms with Gasteiger partial charge in [-0.05, 0) is 43.7 Å². The summed E-state index contributed by atoms with van der Waals surface area (Å²) >= 11 is 1.95. The highest BCUT2D eigenvalue weighted by atomic mass is 32.1. The Hall–Kier alpha value is -0.380. The van der Waals surface area contributed by atoms with E-state index in [1.165, 1.54) is 41.9 Å². The van der Waals surface area contributed by atoms with Gasteiger partial charge in [0.15, 0.2) is 0 Å². The van der Waals surface area contributed by atoms with Gasteiger partial charge in [-0.15, -0.1) is 11.3 Å². The number of hydrogen-bond acceptors (Lipinski definition) is 3. The molecule has 1 saturated carbocycles. The molecule has 0 radical (unpaired) electrons. The molecule has 1 unspecified atom stereocenters. The minimum Gasteiger partial charge on any atom is -0.271 e. The molecular weight excluding hydrogens is 228 g/mol. The first-order valence-corrected chi connectivity index (χ1v) is 7.69. The molecule has 0 amide bonds. The highest BCUT2D eigenvalue weighted by Crippen LogP contribution is 2.29. The van der Waals surface area contributed by atoms with Crippen molar-refractivity contribution in [1.82, 2.24) is 5.43 Å². The van der Waals surface area contributed by atoms with Gasteiger partial charge in [0.05, 0.1) is 0 Å². The van der Waals surface area contributed by atoms with Crippen LogP contribution in [0.4, 0.5) is 0 Å². The summed E-state index contributed by atoms with van der Waals surface area (Å²) in [4.78, 5) is 2.97. The molecule has 1 atom stereocenters. The molecule has 1 aliphatic rings. The predicted molar refractivity (Wildman–Crippen MR) is 75.1 cm³/mol. The van der Waals surface area contributed by atoms with E-state index in [1.807, 2.05) is 11.3 Å². The summed E-state index contributed by atoms with van der Waals surface area (Å²) in [5.74, 6) is 6.52. The van der Waals surface area contributed by atoms with Crippen LogP contribution in [-0.2, 0) is 12.8 Å². The highest BCUT2D eigenvalue weighted by molar-refractivity contribution is 7.11. The largest absolute Gasteiger partial charge is 0.271 e. The zero-order valence-corrected chi connectivity index (χ0v) is 11.6. The topological polar surface area (TPSA) is 38.0 Å². The van der Waals surface area contributed by atoms with Crippen molar-refractivity contribution in [2.75, 3.05) is 0 Å². The minimum atomic E-state index is 0.471. The summed E-state index contributed by atoms with van der Waals surface area (Å²) < 4.78 is 0. The average Bonchev–Trinajstić information content (AvgIpc) is 2.84. The lowest BCUT2D eigenvalue weighted by Gasteiger charge is -2.29. The second-order valence-corrected chi connectivity index (χ2v) is 6.35. The molecule has 0 saturated heterocycles. The maximum Gasteiger partial charge on any atom is 0.0286 e. The maximum absolute atomic E-state index is 5.75. The smallest absolute Gasteiger partial charge is 0.0286 e. The van der Waals surface area contributed by atoms with Crippen LogP contribution in [-0.4, -0.2) is 6.04 Å². The van der Waals surface area contributed by atoms with Crippen molar-refractivity contribution in [3.8, 4) is 0 Å². The third-order valence-corrected chi connectivity index (χ3v) is 5.17. The van der Waals surface area contributed by atoms with Gasteiger partial charge < -0.3 is 0 Å². The Balaban J connectivity index is 1.93. The van der Waals surface area contributed by atoms with E-state index in [0.717, 1.165) is 18.8 Å². The van der Waals surface area contributed by atoms with E-state index in [0.29, 0.717) is 6.04 Å². The third-order valence-electron chi connectivity index (χ3n) is 3.92. The lowest BCUT2D eigenvalue weighted by molar-refractivity contribution is 0.269. The molecule has 17 heavy (non-hydrogen) atoms. The zero-order chi connectivity index (χ0) is 12.1. The Morgan fingerprint density at radius 1 is 1.29 bits per heavy atom. The van der Waals surface area contributed by atoms with Crippen molar-refractivity contribution < 1.29 is 0 Å². The minimum absolute atomic E-state index is 0.471. The Labute approximate surface area is 109 Å². The lowest BCUT2D eigenvalue weighted by Crippen LogP contribution is -2.43. The molecule has 0 aliphatic heterocycles. The van der Waals surface area contributed by atoms with Gasteiger partial charge in [0.25, 0.3) is 0 Å². The van der Waals surface area contributed by atoms with Gasteiger partial charge in [0, 0.05) is 15.8 Å². The first kappa shape index (κ1) is 13.1. The highest BCUT2D eigenvalue weighted by Gasteiger charge is 2.23. The molecule has 1 aromatic heterocycles. The Kier molecular flexibility index (Phi) is 5.01. The van der Waals surface area contributed by atoms with Crippen molar-refractivity contribution in [3.63, 3.8) is 0 Å². The molecule has 1 aliphatic carbocycles.